The molecule has 27 heavy (non-hydrogen) atoms. The van der Waals surface area contributed by atoms with Gasteiger partial charge in [0.1, 0.15) is 28.3 Å². The number of benzene rings is 3. The van der Waals surface area contributed by atoms with Crippen LogP contribution in [0.4, 0.5) is 11.4 Å². The first kappa shape index (κ1) is 15.8. The highest BCUT2D eigenvalue weighted by molar-refractivity contribution is 5.65. The number of fused-ring (bicyclic) bond motifs is 4. The lowest BCUT2D eigenvalue weighted by atomic mass is 10.2. The van der Waals surface area contributed by atoms with Gasteiger partial charge < -0.3 is 14.2 Å². The summed E-state index contributed by atoms with van der Waals surface area (Å²) in [4.78, 5) is 9.39. The first-order valence-corrected chi connectivity index (χ1v) is 8.83. The topological polar surface area (TPSA) is 78.4 Å². The van der Waals surface area contributed by atoms with Crippen LogP contribution in [0.3, 0.4) is 0 Å². The van der Waals surface area contributed by atoms with E-state index in [4.69, 9.17) is 24.9 Å². The molecule has 0 saturated carbocycles. The summed E-state index contributed by atoms with van der Waals surface area (Å²) in [7, 11) is 0. The minimum absolute atomic E-state index is 0.393. The van der Waals surface area contributed by atoms with Crippen LogP contribution in [0.2, 0.25) is 0 Å². The van der Waals surface area contributed by atoms with Crippen molar-refractivity contribution in [1.29, 1.82) is 0 Å². The van der Waals surface area contributed by atoms with Crippen molar-refractivity contribution in [2.45, 2.75) is 19.6 Å². The average molecular weight is 359 g/mol. The van der Waals surface area contributed by atoms with Crippen molar-refractivity contribution >= 4 is 11.4 Å². The lowest BCUT2D eigenvalue weighted by Gasteiger charge is -2.20. The Kier molecular flexibility index (Phi) is 3.58. The molecule has 134 valence electrons. The van der Waals surface area contributed by atoms with Gasteiger partial charge in [-0.25, -0.2) is 9.98 Å². The molecule has 0 amide bonds. The molecule has 3 aromatic rings. The summed E-state index contributed by atoms with van der Waals surface area (Å²) in [6.07, 6.45) is 0.305. The van der Waals surface area contributed by atoms with E-state index in [0.717, 1.165) is 11.4 Å². The van der Waals surface area contributed by atoms with Crippen molar-refractivity contribution in [2.75, 3.05) is 0 Å². The Morgan fingerprint density at radius 3 is 2.41 bits per heavy atom. The minimum Gasteiger partial charge on any atom is -0.473 e. The summed E-state index contributed by atoms with van der Waals surface area (Å²) in [5, 5.41) is 1.38. The molecular formula is C21H17N3O3. The van der Waals surface area contributed by atoms with Crippen LogP contribution in [0.1, 0.15) is 13.3 Å². The lowest BCUT2D eigenvalue weighted by Crippen LogP contribution is -2.26. The number of nitrogens with zero attached hydrogens (tertiary/aromatic N) is 2. The summed E-state index contributed by atoms with van der Waals surface area (Å²) in [5.74, 6) is 3.22. The molecule has 0 aliphatic carbocycles. The molecule has 0 saturated heterocycles. The summed E-state index contributed by atoms with van der Waals surface area (Å²) in [6.45, 7) is 1.97. The summed E-state index contributed by atoms with van der Waals surface area (Å²) in [5.41, 5.74) is 7.35. The molecule has 2 N–H and O–H groups in total. The van der Waals surface area contributed by atoms with E-state index in [1.165, 1.54) is 0 Å². The van der Waals surface area contributed by atoms with Gasteiger partial charge in [-0.15, -0.1) is 0 Å². The average Bonchev–Trinajstić information content (AvgIpc) is 2.69. The maximum Gasteiger partial charge on any atom is 0.157 e. The molecular weight excluding hydrogens is 342 g/mol. The van der Waals surface area contributed by atoms with E-state index in [-0.39, 0.29) is 0 Å². The second-order valence-electron chi connectivity index (χ2n) is 6.35. The van der Waals surface area contributed by atoms with Crippen LogP contribution in [0.25, 0.3) is 0 Å². The van der Waals surface area contributed by atoms with E-state index < -0.39 is 6.23 Å². The Balaban J connectivity index is 1.64. The van der Waals surface area contributed by atoms with E-state index >= 15 is 0 Å². The Morgan fingerprint density at radius 1 is 0.889 bits per heavy atom. The maximum absolute atomic E-state index is 6.06. The monoisotopic (exact) mass is 359 g/mol. The SMILES string of the molecule is CCC(N)Oc1cccc2c1N=c1cc3c(cc1O2)=Nc1ccccc1O3. The Morgan fingerprint density at radius 2 is 1.59 bits per heavy atom. The quantitative estimate of drug-likeness (QED) is 0.496. The third-order valence-electron chi connectivity index (χ3n) is 4.46. The summed E-state index contributed by atoms with van der Waals surface area (Å²) < 4.78 is 17.8. The molecule has 1 unspecified atom stereocenters. The molecule has 0 fully saturated rings. The predicted octanol–water partition coefficient (Wildman–Crippen LogP) is 3.87. The molecule has 1 atom stereocenters. The van der Waals surface area contributed by atoms with Crippen LogP contribution in [-0.4, -0.2) is 6.23 Å². The maximum atomic E-state index is 6.06. The van der Waals surface area contributed by atoms with Gasteiger partial charge in [0.2, 0.25) is 0 Å². The highest BCUT2D eigenvalue weighted by atomic mass is 16.5. The molecule has 2 aliphatic rings. The van der Waals surface area contributed by atoms with Crippen molar-refractivity contribution in [3.05, 3.63) is 65.3 Å². The fraction of sp³-hybridized carbons (Fsp3) is 0.143. The number of rotatable bonds is 3. The molecule has 0 aromatic heterocycles. The number of hydrogen-bond acceptors (Lipinski definition) is 6. The van der Waals surface area contributed by atoms with Gasteiger partial charge in [-0.05, 0) is 30.7 Å². The van der Waals surface area contributed by atoms with Crippen LogP contribution < -0.4 is 30.7 Å². The van der Waals surface area contributed by atoms with Crippen molar-refractivity contribution in [1.82, 2.24) is 0 Å². The number of hydrogen-bond donors (Lipinski definition) is 1. The van der Waals surface area contributed by atoms with Crippen molar-refractivity contribution < 1.29 is 14.2 Å². The fourth-order valence-corrected chi connectivity index (χ4v) is 3.04. The number of para-hydroxylation sites is 3. The van der Waals surface area contributed by atoms with Crippen molar-refractivity contribution in [3.8, 4) is 28.7 Å². The largest absolute Gasteiger partial charge is 0.473 e. The van der Waals surface area contributed by atoms with Crippen LogP contribution >= 0.6 is 0 Å². The number of nitrogens with two attached hydrogens (primary N) is 1. The van der Waals surface area contributed by atoms with Gasteiger partial charge in [0.25, 0.3) is 0 Å². The molecule has 2 aliphatic heterocycles. The zero-order valence-corrected chi connectivity index (χ0v) is 14.7. The molecule has 0 bridgehead atoms. The lowest BCUT2D eigenvalue weighted by molar-refractivity contribution is 0.205. The summed E-state index contributed by atoms with van der Waals surface area (Å²) in [6, 6.07) is 16.9. The zero-order chi connectivity index (χ0) is 18.4. The highest BCUT2D eigenvalue weighted by Gasteiger charge is 2.20. The number of ether oxygens (including phenoxy) is 3. The summed E-state index contributed by atoms with van der Waals surface area (Å²) >= 11 is 0. The van der Waals surface area contributed by atoms with Crippen LogP contribution in [-0.2, 0) is 0 Å². The second kappa shape index (κ2) is 6.10. The van der Waals surface area contributed by atoms with E-state index in [1.54, 1.807) is 0 Å². The van der Waals surface area contributed by atoms with E-state index in [1.807, 2.05) is 61.5 Å². The smallest absolute Gasteiger partial charge is 0.157 e. The van der Waals surface area contributed by atoms with Crippen LogP contribution in [0, 0.1) is 0 Å². The standard InChI is InChI=1S/C21H17N3O3/c1-2-20(22)27-17-9-5-8-16-21(17)24-14-11-18-13(10-19(14)26-16)23-12-6-3-4-7-15(12)25-18/h3-11,20H,2,22H2,1H3. The normalized spacial score (nSPS) is 14.0. The van der Waals surface area contributed by atoms with Gasteiger partial charge >= 0.3 is 0 Å². The Bertz CT molecular complexity index is 1170. The van der Waals surface area contributed by atoms with Crippen molar-refractivity contribution in [3.63, 3.8) is 0 Å². The van der Waals surface area contributed by atoms with Gasteiger partial charge in [0, 0.05) is 12.1 Å². The molecule has 2 heterocycles. The first-order chi connectivity index (χ1) is 13.2. The molecule has 0 spiro atoms. The third-order valence-corrected chi connectivity index (χ3v) is 4.46. The van der Waals surface area contributed by atoms with E-state index in [0.29, 0.717) is 45.8 Å². The molecule has 6 nitrogen and oxygen atoms in total. The fourth-order valence-electron chi connectivity index (χ4n) is 3.04. The molecule has 3 aromatic carbocycles. The van der Waals surface area contributed by atoms with Gasteiger partial charge in [-0.3, -0.25) is 5.73 Å². The highest BCUT2D eigenvalue weighted by Crippen LogP contribution is 2.42. The van der Waals surface area contributed by atoms with Crippen LogP contribution in [0.15, 0.2) is 64.6 Å². The molecule has 0 radical (unpaired) electrons. The predicted molar refractivity (Wildman–Crippen MR) is 100 cm³/mol. The van der Waals surface area contributed by atoms with Gasteiger partial charge in [0.05, 0.1) is 0 Å². The minimum atomic E-state index is -0.393. The van der Waals surface area contributed by atoms with Crippen LogP contribution in [0.5, 0.6) is 28.7 Å². The van der Waals surface area contributed by atoms with Gasteiger partial charge in [-0.2, -0.15) is 0 Å². The van der Waals surface area contributed by atoms with E-state index in [2.05, 4.69) is 4.99 Å². The van der Waals surface area contributed by atoms with E-state index in [9.17, 15) is 0 Å². The zero-order valence-electron chi connectivity index (χ0n) is 14.7. The van der Waals surface area contributed by atoms with Gasteiger partial charge in [-0.1, -0.05) is 25.1 Å². The third kappa shape index (κ3) is 2.71. The Labute approximate surface area is 155 Å². The van der Waals surface area contributed by atoms with Gasteiger partial charge in [0.15, 0.2) is 28.7 Å². The first-order valence-electron chi connectivity index (χ1n) is 8.83. The van der Waals surface area contributed by atoms with Crippen molar-refractivity contribution in [2.24, 2.45) is 15.7 Å². The molecule has 6 heteroatoms. The Hall–Kier alpha value is -3.38. The molecule has 5 rings (SSSR count). The second-order valence-corrected chi connectivity index (χ2v) is 6.35.